The molecule has 0 amide bonds. The Bertz CT molecular complexity index is 286. The monoisotopic (exact) mass is 222 g/mol. The predicted octanol–water partition coefficient (Wildman–Crippen LogP) is 1.28. The van der Waals surface area contributed by atoms with E-state index in [1.54, 1.807) is 12.4 Å². The van der Waals surface area contributed by atoms with Crippen molar-refractivity contribution in [2.45, 2.75) is 32.9 Å². The topological polar surface area (TPSA) is 55.0 Å². The van der Waals surface area contributed by atoms with Gasteiger partial charge in [0.25, 0.3) is 0 Å². The molecule has 0 aliphatic heterocycles. The third-order valence-corrected chi connectivity index (χ3v) is 2.73. The van der Waals surface area contributed by atoms with Gasteiger partial charge in [-0.3, -0.25) is 4.90 Å². The molecule has 0 aliphatic rings. The molecule has 1 rings (SSSR count). The Morgan fingerprint density at radius 1 is 1.31 bits per heavy atom. The first kappa shape index (κ1) is 13.1. The minimum atomic E-state index is 0.277. The minimum Gasteiger partial charge on any atom is -0.327 e. The maximum Gasteiger partial charge on any atom is 0.142 e. The van der Waals surface area contributed by atoms with Gasteiger partial charge in [0.15, 0.2) is 0 Å². The van der Waals surface area contributed by atoms with Crippen molar-refractivity contribution in [3.8, 4) is 0 Å². The Balaban J connectivity index is 2.29. The second-order valence-corrected chi connectivity index (χ2v) is 4.60. The van der Waals surface area contributed by atoms with Gasteiger partial charge in [0.05, 0.1) is 6.54 Å². The fourth-order valence-corrected chi connectivity index (χ4v) is 1.43. The first-order valence-corrected chi connectivity index (χ1v) is 5.79. The normalized spacial score (nSPS) is 13.4. The lowest BCUT2D eigenvalue weighted by molar-refractivity contribution is 0.290. The fraction of sp³-hybridized carbons (Fsp3) is 0.667. The maximum absolute atomic E-state index is 6.00. The van der Waals surface area contributed by atoms with Crippen LogP contribution in [0.15, 0.2) is 18.5 Å². The van der Waals surface area contributed by atoms with E-state index in [4.69, 9.17) is 5.73 Å². The molecular formula is C12H22N4. The van der Waals surface area contributed by atoms with Crippen molar-refractivity contribution in [3.05, 3.63) is 24.3 Å². The molecule has 0 bridgehead atoms. The number of aromatic nitrogens is 2. The highest BCUT2D eigenvalue weighted by molar-refractivity contribution is 4.88. The van der Waals surface area contributed by atoms with E-state index in [9.17, 15) is 0 Å². The molecule has 16 heavy (non-hydrogen) atoms. The summed E-state index contributed by atoms with van der Waals surface area (Å²) in [5.74, 6) is 1.41. The average Bonchev–Trinajstić information content (AvgIpc) is 2.27. The Morgan fingerprint density at radius 3 is 2.50 bits per heavy atom. The molecular weight excluding hydrogens is 200 g/mol. The van der Waals surface area contributed by atoms with E-state index in [-0.39, 0.29) is 6.04 Å². The minimum absolute atomic E-state index is 0.277. The fourth-order valence-electron chi connectivity index (χ4n) is 1.43. The van der Waals surface area contributed by atoms with Crippen LogP contribution in [-0.2, 0) is 6.54 Å². The second-order valence-electron chi connectivity index (χ2n) is 4.60. The number of hydrogen-bond donors (Lipinski definition) is 1. The Hall–Kier alpha value is -1.00. The van der Waals surface area contributed by atoms with Gasteiger partial charge in [-0.25, -0.2) is 9.97 Å². The molecule has 0 radical (unpaired) electrons. The molecule has 0 spiro atoms. The van der Waals surface area contributed by atoms with Gasteiger partial charge in [-0.2, -0.15) is 0 Å². The molecule has 90 valence electrons. The van der Waals surface area contributed by atoms with E-state index in [1.165, 1.54) is 0 Å². The summed E-state index contributed by atoms with van der Waals surface area (Å²) in [6, 6.07) is 2.11. The van der Waals surface area contributed by atoms with Crippen molar-refractivity contribution in [2.75, 3.05) is 13.6 Å². The summed E-state index contributed by atoms with van der Waals surface area (Å²) in [7, 11) is 2.07. The van der Waals surface area contributed by atoms with Gasteiger partial charge in [0.2, 0.25) is 0 Å². The zero-order valence-electron chi connectivity index (χ0n) is 10.4. The highest BCUT2D eigenvalue weighted by Crippen LogP contribution is 2.04. The maximum atomic E-state index is 6.00. The van der Waals surface area contributed by atoms with Crippen LogP contribution in [0.4, 0.5) is 0 Å². The van der Waals surface area contributed by atoms with Crippen LogP contribution >= 0.6 is 0 Å². The van der Waals surface area contributed by atoms with Crippen molar-refractivity contribution in [3.63, 3.8) is 0 Å². The highest BCUT2D eigenvalue weighted by Gasteiger charge is 2.09. The van der Waals surface area contributed by atoms with Crippen molar-refractivity contribution in [1.29, 1.82) is 0 Å². The van der Waals surface area contributed by atoms with Crippen LogP contribution < -0.4 is 5.73 Å². The number of rotatable bonds is 6. The van der Waals surface area contributed by atoms with Crippen LogP contribution in [0.25, 0.3) is 0 Å². The summed E-state index contributed by atoms with van der Waals surface area (Å²) in [5.41, 5.74) is 6.00. The van der Waals surface area contributed by atoms with E-state index in [1.807, 2.05) is 6.07 Å². The third kappa shape index (κ3) is 4.68. The first-order chi connectivity index (χ1) is 7.59. The summed E-state index contributed by atoms with van der Waals surface area (Å²) in [4.78, 5) is 10.6. The van der Waals surface area contributed by atoms with Gasteiger partial charge in [0, 0.05) is 18.4 Å². The summed E-state index contributed by atoms with van der Waals surface area (Å²) in [6.45, 7) is 6.08. The van der Waals surface area contributed by atoms with Gasteiger partial charge in [-0.1, -0.05) is 13.8 Å². The van der Waals surface area contributed by atoms with Crippen LogP contribution in [0.5, 0.6) is 0 Å². The SMILES string of the molecule is CC(C)C(N)CCN(C)Cc1ncccn1. The number of nitrogens with zero attached hydrogens (tertiary/aromatic N) is 3. The molecule has 1 atom stereocenters. The van der Waals surface area contributed by atoms with Crippen LogP contribution in [0.3, 0.4) is 0 Å². The van der Waals surface area contributed by atoms with Gasteiger partial charge in [-0.05, 0) is 32.0 Å². The quantitative estimate of drug-likeness (QED) is 0.788. The van der Waals surface area contributed by atoms with E-state index in [2.05, 4.69) is 35.8 Å². The van der Waals surface area contributed by atoms with Gasteiger partial charge >= 0.3 is 0 Å². The molecule has 1 heterocycles. The molecule has 2 N–H and O–H groups in total. The summed E-state index contributed by atoms with van der Waals surface area (Å²) in [6.07, 6.45) is 4.56. The number of hydrogen-bond acceptors (Lipinski definition) is 4. The lowest BCUT2D eigenvalue weighted by Crippen LogP contribution is -2.31. The van der Waals surface area contributed by atoms with Gasteiger partial charge in [0.1, 0.15) is 5.82 Å². The Morgan fingerprint density at radius 2 is 1.94 bits per heavy atom. The first-order valence-electron chi connectivity index (χ1n) is 5.79. The van der Waals surface area contributed by atoms with Gasteiger partial charge in [-0.15, -0.1) is 0 Å². The van der Waals surface area contributed by atoms with Crippen LogP contribution in [0, 0.1) is 5.92 Å². The van der Waals surface area contributed by atoms with E-state index in [0.717, 1.165) is 25.3 Å². The second kappa shape index (κ2) is 6.55. The molecule has 0 saturated carbocycles. The average molecular weight is 222 g/mol. The molecule has 0 fully saturated rings. The van der Waals surface area contributed by atoms with Gasteiger partial charge < -0.3 is 5.73 Å². The van der Waals surface area contributed by atoms with Crippen molar-refractivity contribution < 1.29 is 0 Å². The highest BCUT2D eigenvalue weighted by atomic mass is 15.1. The van der Waals surface area contributed by atoms with E-state index < -0.39 is 0 Å². The molecule has 0 aromatic carbocycles. The molecule has 1 aromatic heterocycles. The molecule has 1 unspecified atom stereocenters. The lowest BCUT2D eigenvalue weighted by atomic mass is 10.0. The Labute approximate surface area is 97.9 Å². The van der Waals surface area contributed by atoms with Crippen LogP contribution in [0.1, 0.15) is 26.1 Å². The standard InChI is InChI=1S/C12H22N4/c1-10(2)11(13)5-8-16(3)9-12-14-6-4-7-15-12/h4,6-7,10-11H,5,8-9,13H2,1-3H3. The molecule has 4 nitrogen and oxygen atoms in total. The van der Waals surface area contributed by atoms with Crippen molar-refractivity contribution in [1.82, 2.24) is 14.9 Å². The summed E-state index contributed by atoms with van der Waals surface area (Å²) >= 11 is 0. The largest absolute Gasteiger partial charge is 0.327 e. The zero-order valence-corrected chi connectivity index (χ0v) is 10.4. The van der Waals surface area contributed by atoms with Crippen LogP contribution in [-0.4, -0.2) is 34.5 Å². The van der Waals surface area contributed by atoms with E-state index in [0.29, 0.717) is 5.92 Å². The lowest BCUT2D eigenvalue weighted by Gasteiger charge is -2.20. The summed E-state index contributed by atoms with van der Waals surface area (Å²) < 4.78 is 0. The molecule has 1 aromatic rings. The molecule has 0 saturated heterocycles. The van der Waals surface area contributed by atoms with E-state index >= 15 is 0 Å². The molecule has 4 heteroatoms. The third-order valence-electron chi connectivity index (χ3n) is 2.73. The van der Waals surface area contributed by atoms with Crippen molar-refractivity contribution in [2.24, 2.45) is 11.7 Å². The predicted molar refractivity (Wildman–Crippen MR) is 65.8 cm³/mol. The zero-order chi connectivity index (χ0) is 12.0. The number of nitrogens with two attached hydrogens (primary N) is 1. The smallest absolute Gasteiger partial charge is 0.142 e. The van der Waals surface area contributed by atoms with Crippen molar-refractivity contribution >= 4 is 0 Å². The van der Waals surface area contributed by atoms with Crippen LogP contribution in [0.2, 0.25) is 0 Å². The Kier molecular flexibility index (Phi) is 5.35. The summed E-state index contributed by atoms with van der Waals surface area (Å²) in [5, 5.41) is 0. The molecule has 0 aliphatic carbocycles.